The smallest absolute Gasteiger partial charge is 0.340 e. The van der Waals surface area contributed by atoms with Crippen molar-refractivity contribution in [3.63, 3.8) is 0 Å². The third-order valence-electron chi connectivity index (χ3n) is 6.00. The van der Waals surface area contributed by atoms with Crippen molar-refractivity contribution in [2.75, 3.05) is 21.3 Å². The number of aromatic nitrogens is 1. The molecule has 36 heavy (non-hydrogen) atoms. The normalized spacial score (nSPS) is 11.1. The summed E-state index contributed by atoms with van der Waals surface area (Å²) in [6.07, 6.45) is 0. The highest BCUT2D eigenvalue weighted by Gasteiger charge is 2.28. The minimum absolute atomic E-state index is 0.0776. The molecule has 0 saturated carbocycles. The first-order chi connectivity index (χ1) is 17.0. The number of benzene rings is 2. The molecule has 0 radical (unpaired) electrons. The Morgan fingerprint density at radius 1 is 0.806 bits per heavy atom. The predicted molar refractivity (Wildman–Crippen MR) is 138 cm³/mol. The maximum atomic E-state index is 12.7. The maximum Gasteiger partial charge on any atom is 0.340 e. The van der Waals surface area contributed by atoms with Gasteiger partial charge in [0.2, 0.25) is 0 Å². The van der Waals surface area contributed by atoms with E-state index in [1.807, 2.05) is 0 Å². The quantitative estimate of drug-likeness (QED) is 0.385. The molecule has 7 nitrogen and oxygen atoms in total. The van der Waals surface area contributed by atoms with Gasteiger partial charge in [-0.25, -0.2) is 9.59 Å². The average molecular weight is 492 g/mol. The molecule has 1 aromatic heterocycles. The fourth-order valence-corrected chi connectivity index (χ4v) is 4.05. The summed E-state index contributed by atoms with van der Waals surface area (Å²) in [6, 6.07) is 13.6. The Labute approximate surface area is 212 Å². The molecule has 0 bridgehead atoms. The standard InChI is InChI=1S/C29H33NO6/c1-17-24(27(31)34-7)26(25(18(2)30-17)28(32)35-8)20-11-14-22(23(15-20)33-6)36-16-19-9-12-21(13-10-19)29(3,4)5/h9-15H,16H2,1-8H3. The Hall–Kier alpha value is -3.87. The van der Waals surface area contributed by atoms with Crippen molar-refractivity contribution in [1.29, 1.82) is 0 Å². The SMILES string of the molecule is COC(=O)c1c(C)nc(C)c(C(=O)OC)c1-c1ccc(OCc2ccc(C(C)(C)C)cc2)c(OC)c1. The second-order valence-corrected chi connectivity index (χ2v) is 9.49. The van der Waals surface area contributed by atoms with E-state index in [0.717, 1.165) is 5.56 Å². The number of carbonyl (C=O) groups is 2. The van der Waals surface area contributed by atoms with Crippen molar-refractivity contribution < 1.29 is 28.5 Å². The number of carbonyl (C=O) groups excluding carboxylic acids is 2. The van der Waals surface area contributed by atoms with Crippen LogP contribution in [0.1, 0.15) is 64.0 Å². The summed E-state index contributed by atoms with van der Waals surface area (Å²) < 4.78 is 21.7. The molecular formula is C29H33NO6. The van der Waals surface area contributed by atoms with E-state index in [1.54, 1.807) is 32.0 Å². The van der Waals surface area contributed by atoms with E-state index in [2.05, 4.69) is 50.0 Å². The molecule has 0 unspecified atom stereocenters. The molecule has 0 aliphatic rings. The maximum absolute atomic E-state index is 12.7. The molecule has 0 atom stereocenters. The van der Waals surface area contributed by atoms with Gasteiger partial charge in [-0.3, -0.25) is 4.98 Å². The zero-order valence-electron chi connectivity index (χ0n) is 22.1. The highest BCUT2D eigenvalue weighted by Crippen LogP contribution is 2.38. The lowest BCUT2D eigenvalue weighted by Crippen LogP contribution is -2.16. The van der Waals surface area contributed by atoms with Crippen LogP contribution >= 0.6 is 0 Å². The van der Waals surface area contributed by atoms with Crippen LogP contribution in [-0.2, 0) is 21.5 Å². The monoisotopic (exact) mass is 491 g/mol. The van der Waals surface area contributed by atoms with Crippen molar-refractivity contribution in [1.82, 2.24) is 4.98 Å². The number of pyridine rings is 1. The van der Waals surface area contributed by atoms with Crippen LogP contribution in [0, 0.1) is 13.8 Å². The molecular weight excluding hydrogens is 458 g/mol. The van der Waals surface area contributed by atoms with Crippen LogP contribution in [0.2, 0.25) is 0 Å². The number of methoxy groups -OCH3 is 3. The van der Waals surface area contributed by atoms with E-state index in [0.29, 0.717) is 40.6 Å². The second kappa shape index (κ2) is 10.8. The lowest BCUT2D eigenvalue weighted by atomic mass is 9.87. The van der Waals surface area contributed by atoms with Crippen LogP contribution in [0.5, 0.6) is 11.5 Å². The Bertz CT molecular complexity index is 1230. The predicted octanol–water partition coefficient (Wildman–Crippen LogP) is 5.82. The van der Waals surface area contributed by atoms with Gasteiger partial charge in [-0.15, -0.1) is 0 Å². The topological polar surface area (TPSA) is 84.0 Å². The fourth-order valence-electron chi connectivity index (χ4n) is 4.05. The minimum atomic E-state index is -0.599. The molecule has 2 aromatic carbocycles. The van der Waals surface area contributed by atoms with Crippen molar-refractivity contribution >= 4 is 11.9 Å². The Morgan fingerprint density at radius 2 is 1.36 bits per heavy atom. The minimum Gasteiger partial charge on any atom is -0.493 e. The van der Waals surface area contributed by atoms with Gasteiger partial charge < -0.3 is 18.9 Å². The largest absolute Gasteiger partial charge is 0.493 e. The van der Waals surface area contributed by atoms with Crippen LogP contribution < -0.4 is 9.47 Å². The summed E-state index contributed by atoms with van der Waals surface area (Å²) in [6.45, 7) is 10.3. The van der Waals surface area contributed by atoms with Crippen LogP contribution in [0.3, 0.4) is 0 Å². The molecule has 0 saturated heterocycles. The Kier molecular flexibility index (Phi) is 8.03. The van der Waals surface area contributed by atoms with Crippen molar-refractivity contribution in [2.45, 2.75) is 46.6 Å². The number of esters is 2. The van der Waals surface area contributed by atoms with Crippen LogP contribution in [0.4, 0.5) is 0 Å². The van der Waals surface area contributed by atoms with Gasteiger partial charge in [-0.2, -0.15) is 0 Å². The zero-order chi connectivity index (χ0) is 26.6. The van der Waals surface area contributed by atoms with Gasteiger partial charge in [-0.1, -0.05) is 51.1 Å². The molecule has 0 aliphatic heterocycles. The van der Waals surface area contributed by atoms with Gasteiger partial charge in [0.25, 0.3) is 0 Å². The number of rotatable bonds is 7. The number of hydrogen-bond acceptors (Lipinski definition) is 7. The molecule has 0 aliphatic carbocycles. The molecule has 0 amide bonds. The summed E-state index contributed by atoms with van der Waals surface area (Å²) in [4.78, 5) is 29.8. The molecule has 0 spiro atoms. The summed E-state index contributed by atoms with van der Waals surface area (Å²) >= 11 is 0. The highest BCUT2D eigenvalue weighted by molar-refractivity contribution is 6.07. The first-order valence-corrected chi connectivity index (χ1v) is 11.6. The Morgan fingerprint density at radius 3 is 1.83 bits per heavy atom. The van der Waals surface area contributed by atoms with E-state index in [-0.39, 0.29) is 16.5 Å². The first-order valence-electron chi connectivity index (χ1n) is 11.6. The third-order valence-corrected chi connectivity index (χ3v) is 6.00. The van der Waals surface area contributed by atoms with Crippen molar-refractivity contribution in [3.8, 4) is 22.6 Å². The molecule has 7 heteroatoms. The van der Waals surface area contributed by atoms with Crippen LogP contribution in [0.25, 0.3) is 11.1 Å². The number of aryl methyl sites for hydroxylation is 2. The van der Waals surface area contributed by atoms with Crippen LogP contribution in [0.15, 0.2) is 42.5 Å². The van der Waals surface area contributed by atoms with Gasteiger partial charge in [0.1, 0.15) is 6.61 Å². The van der Waals surface area contributed by atoms with Gasteiger partial charge in [-0.05, 0) is 48.1 Å². The molecule has 3 rings (SSSR count). The Balaban J connectivity index is 2.03. The molecule has 1 heterocycles. The van der Waals surface area contributed by atoms with Crippen LogP contribution in [-0.4, -0.2) is 38.3 Å². The van der Waals surface area contributed by atoms with E-state index >= 15 is 0 Å². The molecule has 0 fully saturated rings. The van der Waals surface area contributed by atoms with E-state index in [4.69, 9.17) is 18.9 Å². The second-order valence-electron chi connectivity index (χ2n) is 9.49. The van der Waals surface area contributed by atoms with Gasteiger partial charge in [0.15, 0.2) is 11.5 Å². The number of hydrogen-bond donors (Lipinski definition) is 0. The number of nitrogens with zero attached hydrogens (tertiary/aromatic N) is 1. The lowest BCUT2D eigenvalue weighted by Gasteiger charge is -2.19. The van der Waals surface area contributed by atoms with E-state index < -0.39 is 11.9 Å². The number of ether oxygens (including phenoxy) is 4. The average Bonchev–Trinajstić information content (AvgIpc) is 2.85. The van der Waals surface area contributed by atoms with E-state index in [1.165, 1.54) is 26.9 Å². The summed E-state index contributed by atoms with van der Waals surface area (Å²) in [5, 5.41) is 0. The van der Waals surface area contributed by atoms with Crippen molar-refractivity contribution in [2.24, 2.45) is 0 Å². The van der Waals surface area contributed by atoms with E-state index in [9.17, 15) is 9.59 Å². The molecule has 3 aromatic rings. The van der Waals surface area contributed by atoms with Crippen molar-refractivity contribution in [3.05, 3.63) is 76.1 Å². The summed E-state index contributed by atoms with van der Waals surface area (Å²) in [5.41, 5.74) is 4.57. The highest BCUT2D eigenvalue weighted by atomic mass is 16.5. The van der Waals surface area contributed by atoms with Gasteiger partial charge in [0.05, 0.1) is 43.8 Å². The third kappa shape index (κ3) is 5.51. The first kappa shape index (κ1) is 26.7. The van der Waals surface area contributed by atoms with Gasteiger partial charge in [0, 0.05) is 5.56 Å². The summed E-state index contributed by atoms with van der Waals surface area (Å²) in [5.74, 6) is -0.211. The zero-order valence-corrected chi connectivity index (χ0v) is 22.1. The summed E-state index contributed by atoms with van der Waals surface area (Å²) in [7, 11) is 4.11. The lowest BCUT2D eigenvalue weighted by molar-refractivity contribution is 0.0599. The molecule has 190 valence electrons. The van der Waals surface area contributed by atoms with Gasteiger partial charge >= 0.3 is 11.9 Å². The fraction of sp³-hybridized carbons (Fsp3) is 0.345. The molecule has 0 N–H and O–H groups in total.